The van der Waals surface area contributed by atoms with E-state index < -0.39 is 5.60 Å². The van der Waals surface area contributed by atoms with Gasteiger partial charge in [0.15, 0.2) is 0 Å². The predicted octanol–water partition coefficient (Wildman–Crippen LogP) is 2.32. The number of nitrogens with zero attached hydrogens (tertiary/aromatic N) is 1. The van der Waals surface area contributed by atoms with Crippen molar-refractivity contribution in [2.75, 3.05) is 19.5 Å². The van der Waals surface area contributed by atoms with Gasteiger partial charge >= 0.3 is 0 Å². The topological polar surface area (TPSA) is 71.3 Å². The van der Waals surface area contributed by atoms with Crippen LogP contribution in [0.1, 0.15) is 25.8 Å². The minimum atomic E-state index is -0.910. The lowest BCUT2D eigenvalue weighted by Crippen LogP contribution is -2.41. The Bertz CT molecular complexity index is 502. The van der Waals surface area contributed by atoms with Crippen molar-refractivity contribution < 1.29 is 14.3 Å². The fourth-order valence-corrected chi connectivity index (χ4v) is 1.50. The van der Waals surface area contributed by atoms with Crippen LogP contribution in [-0.4, -0.2) is 25.7 Å². The van der Waals surface area contributed by atoms with Crippen molar-refractivity contribution in [1.82, 2.24) is 0 Å². The summed E-state index contributed by atoms with van der Waals surface area (Å²) in [6.07, 6.45) is 0.535. The van der Waals surface area contributed by atoms with Gasteiger partial charge in [-0.1, -0.05) is 6.92 Å². The number of benzene rings is 1. The van der Waals surface area contributed by atoms with Crippen molar-refractivity contribution in [3.05, 3.63) is 23.8 Å². The fourth-order valence-electron chi connectivity index (χ4n) is 1.50. The third kappa shape index (κ3) is 3.24. The molecule has 0 fully saturated rings. The number of anilines is 1. The number of nitriles is 1. The maximum atomic E-state index is 12.1. The molecule has 0 heterocycles. The second kappa shape index (κ2) is 6.21. The van der Waals surface area contributed by atoms with Crippen molar-refractivity contribution in [3.63, 3.8) is 0 Å². The van der Waals surface area contributed by atoms with Crippen LogP contribution in [0.5, 0.6) is 5.75 Å². The molecule has 0 aromatic heterocycles. The zero-order chi connectivity index (χ0) is 14.5. The van der Waals surface area contributed by atoms with Crippen molar-refractivity contribution in [2.24, 2.45) is 0 Å². The van der Waals surface area contributed by atoms with Gasteiger partial charge in [0.2, 0.25) is 0 Å². The normalized spacial score (nSPS) is 13.2. The monoisotopic (exact) mass is 262 g/mol. The molecule has 1 N–H and O–H groups in total. The molecule has 0 unspecified atom stereocenters. The summed E-state index contributed by atoms with van der Waals surface area (Å²) in [5, 5.41) is 11.8. The Balaban J connectivity index is 3.01. The highest BCUT2D eigenvalue weighted by Crippen LogP contribution is 2.23. The first-order valence-corrected chi connectivity index (χ1v) is 5.95. The van der Waals surface area contributed by atoms with E-state index in [1.807, 2.05) is 13.0 Å². The number of ether oxygens (including phenoxy) is 2. The number of hydrogen-bond donors (Lipinski definition) is 1. The SMILES string of the molecule is CC[C@@](C)(OC)C(=O)Nc1ccc(OC)cc1C#N. The molecule has 0 radical (unpaired) electrons. The number of rotatable bonds is 5. The van der Waals surface area contributed by atoms with E-state index in [0.29, 0.717) is 23.4 Å². The molecule has 0 spiro atoms. The van der Waals surface area contributed by atoms with E-state index in [2.05, 4.69) is 5.32 Å². The van der Waals surface area contributed by atoms with Gasteiger partial charge in [-0.05, 0) is 31.5 Å². The van der Waals surface area contributed by atoms with Crippen LogP contribution in [-0.2, 0) is 9.53 Å². The van der Waals surface area contributed by atoms with Crippen LogP contribution in [0.3, 0.4) is 0 Å². The molecular weight excluding hydrogens is 244 g/mol. The fraction of sp³-hybridized carbons (Fsp3) is 0.429. The highest BCUT2D eigenvalue weighted by Gasteiger charge is 2.31. The molecule has 1 aromatic carbocycles. The molecule has 0 bridgehead atoms. The van der Waals surface area contributed by atoms with Gasteiger partial charge < -0.3 is 14.8 Å². The molecule has 0 saturated heterocycles. The Labute approximate surface area is 113 Å². The van der Waals surface area contributed by atoms with Crippen LogP contribution in [0.2, 0.25) is 0 Å². The highest BCUT2D eigenvalue weighted by atomic mass is 16.5. The lowest BCUT2D eigenvalue weighted by Gasteiger charge is -2.25. The van der Waals surface area contributed by atoms with Crippen molar-refractivity contribution in [3.8, 4) is 11.8 Å². The first kappa shape index (κ1) is 15.0. The van der Waals surface area contributed by atoms with Gasteiger partial charge in [-0.2, -0.15) is 5.26 Å². The molecule has 0 aliphatic heterocycles. The maximum Gasteiger partial charge on any atom is 0.256 e. The number of carbonyl (C=O) groups excluding carboxylic acids is 1. The standard InChI is InChI=1S/C14H18N2O3/c1-5-14(2,19-4)13(17)16-12-7-6-11(18-3)8-10(12)9-15/h6-8H,5H2,1-4H3,(H,16,17)/t14-/m1/s1. The van der Waals surface area contributed by atoms with Gasteiger partial charge in [-0.15, -0.1) is 0 Å². The minimum Gasteiger partial charge on any atom is -0.497 e. The van der Waals surface area contributed by atoms with E-state index in [4.69, 9.17) is 14.7 Å². The predicted molar refractivity (Wildman–Crippen MR) is 72.0 cm³/mol. The van der Waals surface area contributed by atoms with Crippen LogP contribution < -0.4 is 10.1 Å². The summed E-state index contributed by atoms with van der Waals surface area (Å²) >= 11 is 0. The minimum absolute atomic E-state index is 0.279. The van der Waals surface area contributed by atoms with Gasteiger partial charge in [0.25, 0.3) is 5.91 Å². The molecule has 1 amide bonds. The lowest BCUT2D eigenvalue weighted by molar-refractivity contribution is -0.136. The van der Waals surface area contributed by atoms with Crippen molar-refractivity contribution in [1.29, 1.82) is 5.26 Å². The van der Waals surface area contributed by atoms with E-state index in [1.165, 1.54) is 14.2 Å². The van der Waals surface area contributed by atoms with Crippen LogP contribution in [0.4, 0.5) is 5.69 Å². The molecule has 1 atom stereocenters. The molecule has 5 nitrogen and oxygen atoms in total. The van der Waals surface area contributed by atoms with E-state index >= 15 is 0 Å². The van der Waals surface area contributed by atoms with E-state index in [0.717, 1.165) is 0 Å². The average Bonchev–Trinajstić information content (AvgIpc) is 2.46. The van der Waals surface area contributed by atoms with Gasteiger partial charge in [-0.3, -0.25) is 4.79 Å². The average molecular weight is 262 g/mol. The maximum absolute atomic E-state index is 12.1. The summed E-state index contributed by atoms with van der Waals surface area (Å²) < 4.78 is 10.3. The molecule has 102 valence electrons. The Morgan fingerprint density at radius 2 is 2.16 bits per heavy atom. The Hall–Kier alpha value is -2.06. The zero-order valence-electron chi connectivity index (χ0n) is 11.6. The van der Waals surface area contributed by atoms with Crippen LogP contribution in [0.25, 0.3) is 0 Å². The number of methoxy groups -OCH3 is 2. The zero-order valence-corrected chi connectivity index (χ0v) is 11.6. The summed E-state index contributed by atoms with van der Waals surface area (Å²) in [6, 6.07) is 6.93. The molecule has 0 aliphatic rings. The van der Waals surface area contributed by atoms with E-state index in [-0.39, 0.29) is 5.91 Å². The second-order valence-corrected chi connectivity index (χ2v) is 4.27. The largest absolute Gasteiger partial charge is 0.497 e. The van der Waals surface area contributed by atoms with Gasteiger partial charge in [0.05, 0.1) is 18.4 Å². The van der Waals surface area contributed by atoms with Crippen LogP contribution in [0.15, 0.2) is 18.2 Å². The molecule has 1 rings (SSSR count). The molecule has 0 aliphatic carbocycles. The first-order valence-electron chi connectivity index (χ1n) is 5.95. The first-order chi connectivity index (χ1) is 9.00. The number of hydrogen-bond acceptors (Lipinski definition) is 4. The number of amides is 1. The third-order valence-electron chi connectivity index (χ3n) is 3.20. The van der Waals surface area contributed by atoms with E-state index in [1.54, 1.807) is 25.1 Å². The molecule has 5 heteroatoms. The van der Waals surface area contributed by atoms with Gasteiger partial charge in [0, 0.05) is 7.11 Å². The lowest BCUT2D eigenvalue weighted by atomic mass is 10.0. The van der Waals surface area contributed by atoms with Crippen molar-refractivity contribution >= 4 is 11.6 Å². The summed E-state index contributed by atoms with van der Waals surface area (Å²) in [6.45, 7) is 3.57. The summed E-state index contributed by atoms with van der Waals surface area (Å²) in [7, 11) is 3.01. The quantitative estimate of drug-likeness (QED) is 0.884. The Kier molecular flexibility index (Phi) is 4.90. The summed E-state index contributed by atoms with van der Waals surface area (Å²) in [5.74, 6) is 0.290. The van der Waals surface area contributed by atoms with Crippen molar-refractivity contribution in [2.45, 2.75) is 25.9 Å². The summed E-state index contributed by atoms with van der Waals surface area (Å²) in [5.41, 5.74) is -0.112. The smallest absolute Gasteiger partial charge is 0.256 e. The number of carbonyl (C=O) groups is 1. The van der Waals surface area contributed by atoms with Gasteiger partial charge in [-0.25, -0.2) is 0 Å². The Morgan fingerprint density at radius 3 is 2.63 bits per heavy atom. The number of nitrogens with one attached hydrogen (secondary N) is 1. The highest BCUT2D eigenvalue weighted by molar-refractivity contribution is 5.98. The summed E-state index contributed by atoms with van der Waals surface area (Å²) in [4.78, 5) is 12.1. The third-order valence-corrected chi connectivity index (χ3v) is 3.20. The Morgan fingerprint density at radius 1 is 1.47 bits per heavy atom. The van der Waals surface area contributed by atoms with E-state index in [9.17, 15) is 4.79 Å². The second-order valence-electron chi connectivity index (χ2n) is 4.27. The molecular formula is C14H18N2O3. The van der Waals surface area contributed by atoms with Crippen LogP contribution >= 0.6 is 0 Å². The molecule has 19 heavy (non-hydrogen) atoms. The molecule has 1 aromatic rings. The molecule has 0 saturated carbocycles. The van der Waals surface area contributed by atoms with Gasteiger partial charge in [0.1, 0.15) is 17.4 Å². The van der Waals surface area contributed by atoms with Crippen LogP contribution in [0, 0.1) is 11.3 Å².